The highest BCUT2D eigenvalue weighted by Crippen LogP contribution is 2.40. The maximum Gasteiger partial charge on any atom is 0.535 e. The highest BCUT2D eigenvalue weighted by molar-refractivity contribution is 7.80. The summed E-state index contributed by atoms with van der Waals surface area (Å²) >= 11 is 8.89. The quantitative estimate of drug-likeness (QED) is 0.313. The second kappa shape index (κ2) is 12.0. The molecular weight excluding hydrogens is 621 g/mol. The number of ether oxygens (including phenoxy) is 1. The van der Waals surface area contributed by atoms with Gasteiger partial charge >= 0.3 is 18.6 Å². The summed E-state index contributed by atoms with van der Waals surface area (Å²) in [5, 5.41) is 9.08. The molecule has 3 rings (SSSR count). The van der Waals surface area contributed by atoms with Crippen LogP contribution in [0.25, 0.3) is 5.69 Å². The lowest BCUT2D eigenvalue weighted by molar-refractivity contribution is -0.269. The van der Waals surface area contributed by atoms with Gasteiger partial charge in [0.25, 0.3) is 0 Å². The van der Waals surface area contributed by atoms with Crippen LogP contribution in [0.3, 0.4) is 0 Å². The minimum absolute atomic E-state index is 0.400. The summed E-state index contributed by atoms with van der Waals surface area (Å²) in [6, 6.07) is 0.279. The summed E-state index contributed by atoms with van der Waals surface area (Å²) in [5.41, 5.74) is -2.30. The van der Waals surface area contributed by atoms with E-state index in [0.29, 0.717) is 16.8 Å². The van der Waals surface area contributed by atoms with Gasteiger partial charge < -0.3 is 19.8 Å². The lowest BCUT2D eigenvalue weighted by atomic mass is 10.2. The Bertz CT molecular complexity index is 1310. The number of benzene rings is 1. The van der Waals surface area contributed by atoms with E-state index >= 15 is 0 Å². The van der Waals surface area contributed by atoms with E-state index < -0.39 is 92.8 Å². The van der Waals surface area contributed by atoms with Crippen molar-refractivity contribution in [1.29, 1.82) is 0 Å². The molecule has 0 saturated heterocycles. The predicted molar refractivity (Wildman–Crippen MR) is 130 cm³/mol. The SMILES string of the molecule is CC(C)OCNc1c(S(=O)OC(F)(F)F)c(C2=NOCN2C(=O)N(C)C)nn1-c1c(Cl)cc(C(F)(F)F)cc1Cl. The highest BCUT2D eigenvalue weighted by Gasteiger charge is 2.41. The zero-order valence-corrected chi connectivity index (χ0v) is 23.2. The van der Waals surface area contributed by atoms with Crippen molar-refractivity contribution in [3.63, 3.8) is 0 Å². The molecule has 1 aliphatic rings. The molecular formula is C20H20Cl2F6N6O5S. The monoisotopic (exact) mass is 640 g/mol. The van der Waals surface area contributed by atoms with Gasteiger partial charge in [-0.1, -0.05) is 28.4 Å². The van der Waals surface area contributed by atoms with E-state index in [-0.39, 0.29) is 0 Å². The number of anilines is 1. The summed E-state index contributed by atoms with van der Waals surface area (Å²) in [6.07, 6.45) is -10.7. The number of aromatic nitrogens is 2. The smallest absolute Gasteiger partial charge is 0.371 e. The van der Waals surface area contributed by atoms with Gasteiger partial charge in [-0.2, -0.15) is 22.5 Å². The summed E-state index contributed by atoms with van der Waals surface area (Å²) in [5.74, 6) is -1.02. The van der Waals surface area contributed by atoms with Crippen LogP contribution in [0.15, 0.2) is 22.2 Å². The van der Waals surface area contributed by atoms with Gasteiger partial charge in [0.05, 0.1) is 21.7 Å². The zero-order chi connectivity index (χ0) is 30.2. The molecule has 2 aromatic rings. The third-order valence-electron chi connectivity index (χ3n) is 4.81. The Labute approximate surface area is 235 Å². The first kappa shape index (κ1) is 31.7. The number of hydrogen-bond acceptors (Lipinski definition) is 8. The molecule has 222 valence electrons. The molecule has 2 amide bonds. The van der Waals surface area contributed by atoms with Crippen LogP contribution < -0.4 is 5.32 Å². The molecule has 0 spiro atoms. The van der Waals surface area contributed by atoms with Crippen molar-refractivity contribution in [1.82, 2.24) is 19.6 Å². The highest BCUT2D eigenvalue weighted by atomic mass is 35.5. The van der Waals surface area contributed by atoms with Crippen molar-refractivity contribution >= 4 is 52.0 Å². The molecule has 20 heteroatoms. The van der Waals surface area contributed by atoms with E-state index in [1.54, 1.807) is 13.8 Å². The van der Waals surface area contributed by atoms with Crippen molar-refractivity contribution in [2.45, 2.75) is 37.4 Å². The van der Waals surface area contributed by atoms with E-state index in [0.717, 1.165) is 9.80 Å². The third-order valence-corrected chi connectivity index (χ3v) is 6.45. The van der Waals surface area contributed by atoms with E-state index in [9.17, 15) is 35.3 Å². The van der Waals surface area contributed by atoms with Crippen LogP contribution in [0.1, 0.15) is 25.1 Å². The van der Waals surface area contributed by atoms with Crippen molar-refractivity contribution in [2.24, 2.45) is 5.16 Å². The number of amides is 2. The predicted octanol–water partition coefficient (Wildman–Crippen LogP) is 5.18. The number of hydrogen-bond donors (Lipinski definition) is 1. The van der Waals surface area contributed by atoms with Gasteiger partial charge in [-0.15, -0.1) is 13.2 Å². The first-order valence-corrected chi connectivity index (χ1v) is 12.7. The number of urea groups is 1. The second-order valence-corrected chi connectivity index (χ2v) is 10.2. The fourth-order valence-corrected chi connectivity index (χ4v) is 4.69. The van der Waals surface area contributed by atoms with Gasteiger partial charge in [0.1, 0.15) is 17.3 Å². The number of carbonyl (C=O) groups excluding carboxylic acids is 1. The number of amidine groups is 1. The Morgan fingerprint density at radius 2 is 1.80 bits per heavy atom. The fraction of sp³-hybridized carbons (Fsp3) is 0.450. The Morgan fingerprint density at radius 1 is 1.20 bits per heavy atom. The standard InChI is InChI=1S/C20H20Cl2F6N6O5S/c1-9(2)37-7-29-17-15(40(36)39-20(26,27)28)13(16-31-38-8-33(16)18(35)32(3)4)30-34(17)14-11(21)5-10(6-12(14)22)19(23,24)25/h5-6,9,29H,7-8H2,1-4H3. The number of nitrogens with zero attached hydrogens (tertiary/aromatic N) is 5. The van der Waals surface area contributed by atoms with Crippen molar-refractivity contribution < 1.29 is 49.1 Å². The van der Waals surface area contributed by atoms with Crippen LogP contribution in [0.2, 0.25) is 10.0 Å². The van der Waals surface area contributed by atoms with Crippen LogP contribution in [0.4, 0.5) is 37.0 Å². The maximum absolute atomic E-state index is 13.3. The first-order valence-electron chi connectivity index (χ1n) is 10.8. The van der Waals surface area contributed by atoms with Crippen molar-refractivity contribution in [2.75, 3.05) is 32.9 Å². The van der Waals surface area contributed by atoms with Crippen molar-refractivity contribution in [3.05, 3.63) is 33.4 Å². The maximum atomic E-state index is 13.3. The van der Waals surface area contributed by atoms with Gasteiger partial charge in [-0.3, -0.25) is 0 Å². The number of nitrogens with one attached hydrogen (secondary N) is 1. The van der Waals surface area contributed by atoms with Crippen LogP contribution in [-0.2, 0) is 31.0 Å². The zero-order valence-electron chi connectivity index (χ0n) is 20.9. The van der Waals surface area contributed by atoms with Gasteiger partial charge in [0.2, 0.25) is 16.9 Å². The van der Waals surface area contributed by atoms with Gasteiger partial charge in [0, 0.05) is 14.1 Å². The first-order chi connectivity index (χ1) is 18.4. The van der Waals surface area contributed by atoms with Crippen LogP contribution in [0.5, 0.6) is 0 Å². The summed E-state index contributed by atoms with van der Waals surface area (Å²) in [6.45, 7) is 2.36. The molecule has 1 aliphatic heterocycles. The number of rotatable bonds is 8. The van der Waals surface area contributed by atoms with Gasteiger partial charge in [-0.25, -0.2) is 18.6 Å². The molecule has 1 atom stereocenters. The van der Waals surface area contributed by atoms with E-state index in [1.807, 2.05) is 0 Å². The van der Waals surface area contributed by atoms with Crippen molar-refractivity contribution in [3.8, 4) is 5.69 Å². The lowest BCUT2D eigenvalue weighted by Gasteiger charge is -2.19. The van der Waals surface area contributed by atoms with E-state index in [1.165, 1.54) is 14.1 Å². The number of oxime groups is 1. The summed E-state index contributed by atoms with van der Waals surface area (Å²) in [4.78, 5) is 18.7. The molecule has 1 N–H and O–H groups in total. The number of alkyl halides is 6. The van der Waals surface area contributed by atoms with Gasteiger partial charge in [-0.05, 0) is 26.0 Å². The molecule has 40 heavy (non-hydrogen) atoms. The summed E-state index contributed by atoms with van der Waals surface area (Å²) in [7, 11) is 2.72. The average molecular weight is 641 g/mol. The van der Waals surface area contributed by atoms with Crippen LogP contribution >= 0.6 is 23.2 Å². The Kier molecular flexibility index (Phi) is 9.50. The normalized spacial score (nSPS) is 14.8. The third kappa shape index (κ3) is 7.09. The van der Waals surface area contributed by atoms with E-state index in [4.69, 9.17) is 32.8 Å². The Morgan fingerprint density at radius 3 is 2.30 bits per heavy atom. The van der Waals surface area contributed by atoms with Crippen LogP contribution in [0, 0.1) is 0 Å². The molecule has 1 aromatic carbocycles. The number of carbonyl (C=O) groups is 1. The minimum atomic E-state index is -5.41. The topological polar surface area (TPSA) is 111 Å². The fourth-order valence-electron chi connectivity index (χ4n) is 3.18. The molecule has 1 aromatic heterocycles. The Balaban J connectivity index is 2.34. The molecule has 0 fully saturated rings. The van der Waals surface area contributed by atoms with E-state index in [2.05, 4.69) is 19.8 Å². The molecule has 0 aliphatic carbocycles. The molecule has 2 heterocycles. The minimum Gasteiger partial charge on any atom is -0.371 e. The molecule has 1 unspecified atom stereocenters. The average Bonchev–Trinajstić information content (AvgIpc) is 3.41. The second-order valence-electron chi connectivity index (χ2n) is 8.30. The number of halogens is 8. The molecule has 0 radical (unpaired) electrons. The lowest BCUT2D eigenvalue weighted by Crippen LogP contribution is -2.42. The molecule has 0 saturated carbocycles. The Hall–Kier alpha value is -2.80. The van der Waals surface area contributed by atoms with Crippen LogP contribution in [-0.4, -0.2) is 75.7 Å². The molecule has 0 bridgehead atoms. The largest absolute Gasteiger partial charge is 0.535 e. The van der Waals surface area contributed by atoms with Gasteiger partial charge in [0.15, 0.2) is 18.2 Å². The molecule has 11 nitrogen and oxygen atoms in total. The summed E-state index contributed by atoms with van der Waals surface area (Å²) < 4.78 is 102.